The largest absolute Gasteiger partial charge is 0.480 e. The molecule has 1 aromatic rings. The second-order valence-electron chi connectivity index (χ2n) is 4.46. The Morgan fingerprint density at radius 1 is 1.33 bits per heavy atom. The van der Waals surface area contributed by atoms with E-state index in [0.717, 1.165) is 5.69 Å². The quantitative estimate of drug-likeness (QED) is 0.869. The molecule has 4 nitrogen and oxygen atoms in total. The zero-order valence-electron chi connectivity index (χ0n) is 9.77. The summed E-state index contributed by atoms with van der Waals surface area (Å²) in [5.41, 5.74) is -0.412. The maximum absolute atomic E-state index is 12.8. The fourth-order valence-corrected chi connectivity index (χ4v) is 2.17. The molecular weight excluding hydrogens is 235 g/mol. The Labute approximate surface area is 104 Å². The van der Waals surface area contributed by atoms with E-state index >= 15 is 0 Å². The molecule has 0 bridgehead atoms. The summed E-state index contributed by atoms with van der Waals surface area (Å²) in [6.07, 6.45) is 0.576. The fraction of sp³-hybridized carbons (Fsp3) is 0.385. The van der Waals surface area contributed by atoms with Crippen LogP contribution in [0.1, 0.15) is 12.8 Å². The molecule has 1 heterocycles. The van der Waals surface area contributed by atoms with Crippen molar-refractivity contribution < 1.29 is 14.3 Å². The molecule has 1 fully saturated rings. The van der Waals surface area contributed by atoms with Crippen LogP contribution in [-0.2, 0) is 4.79 Å². The summed E-state index contributed by atoms with van der Waals surface area (Å²) in [7, 11) is 0. The predicted octanol–water partition coefficient (Wildman–Crippen LogP) is 2.02. The first kappa shape index (κ1) is 12.4. The number of hydrogen-bond acceptors (Lipinski definition) is 3. The van der Waals surface area contributed by atoms with E-state index < -0.39 is 11.4 Å². The Hall–Kier alpha value is -2.09. The summed E-state index contributed by atoms with van der Waals surface area (Å²) >= 11 is 0. The van der Waals surface area contributed by atoms with Gasteiger partial charge in [-0.2, -0.15) is 5.26 Å². The van der Waals surface area contributed by atoms with Crippen LogP contribution in [0, 0.1) is 22.6 Å². The smallest absolute Gasteiger partial charge is 0.324 e. The molecule has 1 aliphatic heterocycles. The highest BCUT2D eigenvalue weighted by molar-refractivity contribution is 5.78. The van der Waals surface area contributed by atoms with Crippen LogP contribution in [0.4, 0.5) is 10.1 Å². The Kier molecular flexibility index (Phi) is 3.19. The monoisotopic (exact) mass is 248 g/mol. The average molecular weight is 248 g/mol. The molecule has 0 radical (unpaired) electrons. The lowest BCUT2D eigenvalue weighted by Gasteiger charge is -2.35. The van der Waals surface area contributed by atoms with Gasteiger partial charge in [0.05, 0.1) is 6.07 Å². The van der Waals surface area contributed by atoms with Crippen LogP contribution in [-0.4, -0.2) is 24.2 Å². The lowest BCUT2D eigenvalue weighted by Crippen LogP contribution is -2.43. The summed E-state index contributed by atoms with van der Waals surface area (Å²) in [4.78, 5) is 13.1. The maximum Gasteiger partial charge on any atom is 0.324 e. The molecule has 0 aromatic heterocycles. The number of anilines is 1. The number of nitriles is 1. The van der Waals surface area contributed by atoms with E-state index in [1.165, 1.54) is 12.1 Å². The van der Waals surface area contributed by atoms with E-state index in [2.05, 4.69) is 0 Å². The van der Waals surface area contributed by atoms with Gasteiger partial charge in [-0.15, -0.1) is 0 Å². The third-order valence-corrected chi connectivity index (χ3v) is 3.43. The Balaban J connectivity index is 2.09. The highest BCUT2D eigenvalue weighted by Crippen LogP contribution is 2.33. The van der Waals surface area contributed by atoms with Crippen LogP contribution >= 0.6 is 0 Å². The van der Waals surface area contributed by atoms with E-state index in [4.69, 9.17) is 10.4 Å². The number of carboxylic acid groups (broad SMARTS) is 1. The van der Waals surface area contributed by atoms with Gasteiger partial charge >= 0.3 is 5.97 Å². The highest BCUT2D eigenvalue weighted by Gasteiger charge is 2.41. The SMILES string of the molecule is N#CC1(C(=O)O)CCN(c2ccc(F)cc2)CC1. The summed E-state index contributed by atoms with van der Waals surface area (Å²) in [5.74, 6) is -1.35. The van der Waals surface area contributed by atoms with Crippen molar-refractivity contribution >= 4 is 11.7 Å². The van der Waals surface area contributed by atoms with Gasteiger partial charge in [-0.05, 0) is 37.1 Å². The second kappa shape index (κ2) is 4.65. The number of hydrogen-bond donors (Lipinski definition) is 1. The first-order valence-corrected chi connectivity index (χ1v) is 5.72. The number of carbonyl (C=O) groups is 1. The second-order valence-corrected chi connectivity index (χ2v) is 4.46. The van der Waals surface area contributed by atoms with Gasteiger partial charge in [0.15, 0.2) is 5.41 Å². The van der Waals surface area contributed by atoms with Gasteiger partial charge in [0.25, 0.3) is 0 Å². The molecule has 1 saturated heterocycles. The molecule has 0 unspecified atom stereocenters. The summed E-state index contributed by atoms with van der Waals surface area (Å²) < 4.78 is 12.8. The average Bonchev–Trinajstić information content (AvgIpc) is 2.39. The van der Waals surface area contributed by atoms with E-state index in [1.807, 2.05) is 11.0 Å². The Morgan fingerprint density at radius 2 is 1.89 bits per heavy atom. The van der Waals surface area contributed by atoms with Crippen molar-refractivity contribution in [3.63, 3.8) is 0 Å². The molecular formula is C13H13FN2O2. The van der Waals surface area contributed by atoms with Crippen LogP contribution in [0.15, 0.2) is 24.3 Å². The molecule has 94 valence electrons. The lowest BCUT2D eigenvalue weighted by molar-refractivity contribution is -0.146. The van der Waals surface area contributed by atoms with Crippen LogP contribution in [0.5, 0.6) is 0 Å². The predicted molar refractivity (Wildman–Crippen MR) is 63.5 cm³/mol. The zero-order valence-corrected chi connectivity index (χ0v) is 9.77. The highest BCUT2D eigenvalue weighted by atomic mass is 19.1. The van der Waals surface area contributed by atoms with Gasteiger partial charge < -0.3 is 10.0 Å². The normalized spacial score (nSPS) is 18.1. The number of carboxylic acids is 1. The molecule has 1 aliphatic rings. The van der Waals surface area contributed by atoms with Crippen LogP contribution in [0.25, 0.3) is 0 Å². The standard InChI is InChI=1S/C13H13FN2O2/c14-10-1-3-11(4-2-10)16-7-5-13(9-15,6-8-16)12(17)18/h1-4H,5-8H2,(H,17,18). The fourth-order valence-electron chi connectivity index (χ4n) is 2.17. The molecule has 0 aliphatic carbocycles. The van der Waals surface area contributed by atoms with E-state index in [9.17, 15) is 9.18 Å². The number of halogens is 1. The van der Waals surface area contributed by atoms with Crippen molar-refractivity contribution in [2.45, 2.75) is 12.8 Å². The molecule has 1 aromatic carbocycles. The van der Waals surface area contributed by atoms with Gasteiger partial charge in [-0.1, -0.05) is 0 Å². The minimum absolute atomic E-state index is 0.288. The van der Waals surface area contributed by atoms with Gasteiger partial charge in [0.1, 0.15) is 5.82 Å². The third-order valence-electron chi connectivity index (χ3n) is 3.43. The molecule has 5 heteroatoms. The number of benzene rings is 1. The van der Waals surface area contributed by atoms with E-state index in [-0.39, 0.29) is 18.7 Å². The van der Waals surface area contributed by atoms with Crippen molar-refractivity contribution in [3.05, 3.63) is 30.1 Å². The van der Waals surface area contributed by atoms with Gasteiger partial charge in [0, 0.05) is 18.8 Å². The van der Waals surface area contributed by atoms with Crippen LogP contribution in [0.3, 0.4) is 0 Å². The first-order valence-electron chi connectivity index (χ1n) is 5.72. The van der Waals surface area contributed by atoms with Crippen LogP contribution in [0.2, 0.25) is 0 Å². The number of piperidine rings is 1. The molecule has 2 rings (SSSR count). The maximum atomic E-state index is 12.8. The van der Waals surface area contributed by atoms with Gasteiger partial charge in [0.2, 0.25) is 0 Å². The van der Waals surface area contributed by atoms with E-state index in [0.29, 0.717) is 13.1 Å². The van der Waals surface area contributed by atoms with Crippen molar-refractivity contribution in [1.29, 1.82) is 5.26 Å². The zero-order chi connectivity index (χ0) is 13.2. The van der Waals surface area contributed by atoms with Crippen molar-refractivity contribution in [2.75, 3.05) is 18.0 Å². The Bertz CT molecular complexity index is 485. The number of aliphatic carboxylic acids is 1. The molecule has 1 N–H and O–H groups in total. The number of rotatable bonds is 2. The number of nitrogens with zero attached hydrogens (tertiary/aromatic N) is 2. The molecule has 0 amide bonds. The minimum atomic E-state index is -1.27. The lowest BCUT2D eigenvalue weighted by atomic mass is 9.80. The van der Waals surface area contributed by atoms with Gasteiger partial charge in [-0.3, -0.25) is 4.79 Å². The first-order chi connectivity index (χ1) is 8.57. The summed E-state index contributed by atoms with van der Waals surface area (Å²) in [5, 5.41) is 18.1. The third kappa shape index (κ3) is 2.14. The molecule has 18 heavy (non-hydrogen) atoms. The molecule has 0 saturated carbocycles. The minimum Gasteiger partial charge on any atom is -0.480 e. The van der Waals surface area contributed by atoms with Crippen molar-refractivity contribution in [3.8, 4) is 6.07 Å². The van der Waals surface area contributed by atoms with E-state index in [1.54, 1.807) is 12.1 Å². The van der Waals surface area contributed by atoms with Gasteiger partial charge in [-0.25, -0.2) is 4.39 Å². The summed E-state index contributed by atoms with van der Waals surface area (Å²) in [6, 6.07) is 7.98. The van der Waals surface area contributed by atoms with Crippen molar-refractivity contribution in [2.24, 2.45) is 5.41 Å². The van der Waals surface area contributed by atoms with Crippen LogP contribution < -0.4 is 4.90 Å². The molecule has 0 spiro atoms. The summed E-state index contributed by atoms with van der Waals surface area (Å²) in [6.45, 7) is 0.983. The van der Waals surface area contributed by atoms with Crippen molar-refractivity contribution in [1.82, 2.24) is 0 Å². The Morgan fingerprint density at radius 3 is 2.33 bits per heavy atom. The topological polar surface area (TPSA) is 64.3 Å². The molecule has 0 atom stereocenters.